The van der Waals surface area contributed by atoms with Gasteiger partial charge < -0.3 is 5.32 Å². The molecule has 0 spiro atoms. The normalized spacial score (nSPS) is 23.7. The topological polar surface area (TPSA) is 80.1 Å². The Kier molecular flexibility index (Phi) is 4.66. The summed E-state index contributed by atoms with van der Waals surface area (Å²) in [6, 6.07) is 17.2. The van der Waals surface area contributed by atoms with E-state index in [9.17, 15) is 9.59 Å². The predicted molar refractivity (Wildman–Crippen MR) is 126 cm³/mol. The quantitative estimate of drug-likeness (QED) is 0.464. The standard InChI is InChI=1S/C25H20ClN5O2/c26-17-12-10-15(11-13-17)20-14-21(16-6-2-1-3-7-16)31-24(27-20)28-25(29-31)30-22(32)18-8-4-5-9-19(18)23(30)33/h1-7,10-14,18-19,21H,8-9H2,(H,27,28,29)/t18-,19-,21-/m0/s1. The van der Waals surface area contributed by atoms with Gasteiger partial charge in [0.25, 0.3) is 5.95 Å². The van der Waals surface area contributed by atoms with Crippen LogP contribution >= 0.6 is 11.6 Å². The number of hydrogen-bond acceptors (Lipinski definition) is 5. The van der Waals surface area contributed by atoms with Crippen molar-refractivity contribution in [3.8, 4) is 0 Å². The van der Waals surface area contributed by atoms with Gasteiger partial charge in [0.05, 0.1) is 11.8 Å². The molecule has 1 fully saturated rings. The molecule has 3 atom stereocenters. The molecule has 3 aliphatic rings. The van der Waals surface area contributed by atoms with Gasteiger partial charge in [-0.3, -0.25) is 9.59 Å². The molecule has 2 amide bonds. The number of amides is 2. The smallest absolute Gasteiger partial charge is 0.260 e. The molecule has 164 valence electrons. The second kappa shape index (κ2) is 7.71. The molecule has 0 radical (unpaired) electrons. The van der Waals surface area contributed by atoms with Gasteiger partial charge in [-0.1, -0.05) is 66.2 Å². The fraction of sp³-hybridized carbons (Fsp3) is 0.200. The molecule has 1 aliphatic carbocycles. The monoisotopic (exact) mass is 457 g/mol. The number of rotatable bonds is 3. The summed E-state index contributed by atoms with van der Waals surface area (Å²) in [6.45, 7) is 0. The lowest BCUT2D eigenvalue weighted by atomic mass is 9.85. The zero-order valence-corrected chi connectivity index (χ0v) is 18.3. The maximum Gasteiger partial charge on any atom is 0.260 e. The Morgan fingerprint density at radius 2 is 1.58 bits per heavy atom. The number of anilines is 2. The maximum absolute atomic E-state index is 13.1. The van der Waals surface area contributed by atoms with Crippen LogP contribution in [0.2, 0.25) is 5.02 Å². The highest BCUT2D eigenvalue weighted by Gasteiger charge is 2.49. The molecular weight excluding hydrogens is 438 g/mol. The van der Waals surface area contributed by atoms with Gasteiger partial charge in [-0.15, -0.1) is 5.10 Å². The fourth-order valence-electron chi connectivity index (χ4n) is 4.76. The molecular formula is C25H20ClN5O2. The molecule has 6 rings (SSSR count). The summed E-state index contributed by atoms with van der Waals surface area (Å²) >= 11 is 6.07. The molecule has 1 aromatic heterocycles. The number of aromatic nitrogens is 3. The Hall–Kier alpha value is -3.71. The lowest BCUT2D eigenvalue weighted by Gasteiger charge is -2.24. The highest BCUT2D eigenvalue weighted by Crippen LogP contribution is 2.39. The van der Waals surface area contributed by atoms with E-state index in [1.165, 1.54) is 4.90 Å². The van der Waals surface area contributed by atoms with Crippen LogP contribution in [0.3, 0.4) is 0 Å². The van der Waals surface area contributed by atoms with Crippen LogP contribution in [0, 0.1) is 11.8 Å². The highest BCUT2D eigenvalue weighted by atomic mass is 35.5. The van der Waals surface area contributed by atoms with Gasteiger partial charge in [-0.05, 0) is 42.2 Å². The number of carbonyl (C=O) groups is 2. The molecule has 3 heterocycles. The minimum atomic E-state index is -0.330. The Bertz CT molecular complexity index is 1290. The third-order valence-electron chi connectivity index (χ3n) is 6.46. The van der Waals surface area contributed by atoms with Crippen LogP contribution in [-0.2, 0) is 9.59 Å². The summed E-state index contributed by atoms with van der Waals surface area (Å²) < 4.78 is 1.73. The van der Waals surface area contributed by atoms with Crippen LogP contribution in [0.5, 0.6) is 0 Å². The van der Waals surface area contributed by atoms with Crippen molar-refractivity contribution < 1.29 is 9.59 Å². The average Bonchev–Trinajstić information content (AvgIpc) is 3.38. The van der Waals surface area contributed by atoms with Crippen molar-refractivity contribution in [3.63, 3.8) is 0 Å². The predicted octanol–water partition coefficient (Wildman–Crippen LogP) is 4.44. The lowest BCUT2D eigenvalue weighted by Crippen LogP contribution is -2.32. The van der Waals surface area contributed by atoms with Crippen LogP contribution in [0.1, 0.15) is 30.0 Å². The van der Waals surface area contributed by atoms with Gasteiger partial charge in [0.15, 0.2) is 0 Å². The van der Waals surface area contributed by atoms with Crippen LogP contribution < -0.4 is 10.2 Å². The Labute approximate surface area is 195 Å². The maximum atomic E-state index is 13.1. The van der Waals surface area contributed by atoms with Crippen LogP contribution in [0.25, 0.3) is 5.70 Å². The number of fused-ring (bicyclic) bond motifs is 2. The van der Waals surface area contributed by atoms with Gasteiger partial charge in [0, 0.05) is 10.7 Å². The number of halogens is 1. The number of hydrogen-bond donors (Lipinski definition) is 1. The van der Waals surface area contributed by atoms with Gasteiger partial charge >= 0.3 is 0 Å². The van der Waals surface area contributed by atoms with E-state index in [0.29, 0.717) is 23.8 Å². The molecule has 33 heavy (non-hydrogen) atoms. The molecule has 3 aromatic rings. The second-order valence-corrected chi connectivity index (χ2v) is 8.85. The van der Waals surface area contributed by atoms with E-state index in [1.807, 2.05) is 66.7 Å². The summed E-state index contributed by atoms with van der Waals surface area (Å²) in [6.07, 6.45) is 7.15. The highest BCUT2D eigenvalue weighted by molar-refractivity contribution is 6.30. The Balaban J connectivity index is 1.42. The molecule has 0 saturated carbocycles. The third kappa shape index (κ3) is 3.27. The number of allylic oxidation sites excluding steroid dienone is 3. The van der Waals surface area contributed by atoms with Crippen LogP contribution in [-0.4, -0.2) is 26.6 Å². The van der Waals surface area contributed by atoms with Crippen molar-refractivity contribution in [2.75, 3.05) is 10.2 Å². The van der Waals surface area contributed by atoms with Crippen molar-refractivity contribution >= 4 is 41.0 Å². The number of carbonyl (C=O) groups excluding carboxylic acids is 2. The SMILES string of the molecule is O=C1[C@H]2CC=CC[C@@H]2C(=O)N1c1nc2n(n1)[C@H](c1ccccc1)C=C(c1ccc(Cl)cc1)N2. The fourth-order valence-corrected chi connectivity index (χ4v) is 4.89. The minimum Gasteiger partial charge on any atom is -0.324 e. The minimum absolute atomic E-state index is 0.119. The largest absolute Gasteiger partial charge is 0.324 e. The van der Waals surface area contributed by atoms with Crippen molar-refractivity contribution in [3.05, 3.63) is 89.0 Å². The van der Waals surface area contributed by atoms with Gasteiger partial charge in [-0.2, -0.15) is 4.98 Å². The number of nitrogens with zero attached hydrogens (tertiary/aromatic N) is 4. The van der Waals surface area contributed by atoms with Crippen molar-refractivity contribution in [1.29, 1.82) is 0 Å². The first-order valence-electron chi connectivity index (χ1n) is 10.9. The molecule has 0 unspecified atom stereocenters. The van der Waals surface area contributed by atoms with Crippen LogP contribution in [0.4, 0.5) is 11.9 Å². The second-order valence-electron chi connectivity index (χ2n) is 8.42. The zero-order chi connectivity index (χ0) is 22.5. The van der Waals surface area contributed by atoms with E-state index < -0.39 is 0 Å². The molecule has 2 aromatic carbocycles. The van der Waals surface area contributed by atoms with Gasteiger partial charge in [-0.25, -0.2) is 9.58 Å². The summed E-state index contributed by atoms with van der Waals surface area (Å²) in [5, 5.41) is 8.60. The Morgan fingerprint density at radius 1 is 0.909 bits per heavy atom. The van der Waals surface area contributed by atoms with Gasteiger partial charge in [0.1, 0.15) is 6.04 Å². The van der Waals surface area contributed by atoms with E-state index >= 15 is 0 Å². The molecule has 2 aliphatic heterocycles. The van der Waals surface area contributed by atoms with E-state index in [0.717, 1.165) is 16.8 Å². The molecule has 1 saturated heterocycles. The Morgan fingerprint density at radius 3 is 2.24 bits per heavy atom. The van der Waals surface area contributed by atoms with Crippen molar-refractivity contribution in [1.82, 2.24) is 14.8 Å². The van der Waals surface area contributed by atoms with E-state index in [-0.39, 0.29) is 35.6 Å². The molecule has 7 nitrogen and oxygen atoms in total. The summed E-state index contributed by atoms with van der Waals surface area (Å²) in [5.74, 6) is -0.514. The summed E-state index contributed by atoms with van der Waals surface area (Å²) in [7, 11) is 0. The van der Waals surface area contributed by atoms with Crippen molar-refractivity contribution in [2.45, 2.75) is 18.9 Å². The van der Waals surface area contributed by atoms with E-state index in [2.05, 4.69) is 21.5 Å². The summed E-state index contributed by atoms with van der Waals surface area (Å²) in [5.41, 5.74) is 2.81. The molecule has 8 heteroatoms. The summed E-state index contributed by atoms with van der Waals surface area (Å²) in [4.78, 5) is 31.9. The van der Waals surface area contributed by atoms with Crippen LogP contribution in [0.15, 0.2) is 72.8 Å². The third-order valence-corrected chi connectivity index (χ3v) is 6.71. The first-order chi connectivity index (χ1) is 16.1. The number of imide groups is 1. The van der Waals surface area contributed by atoms with E-state index in [4.69, 9.17) is 11.6 Å². The van der Waals surface area contributed by atoms with Crippen molar-refractivity contribution in [2.24, 2.45) is 11.8 Å². The molecule has 1 N–H and O–H groups in total. The van der Waals surface area contributed by atoms with Gasteiger partial charge in [0.2, 0.25) is 17.8 Å². The average molecular weight is 458 g/mol. The first kappa shape index (κ1) is 19.9. The first-order valence-corrected chi connectivity index (χ1v) is 11.3. The number of nitrogens with one attached hydrogen (secondary N) is 1. The van der Waals surface area contributed by atoms with E-state index in [1.54, 1.807) is 4.68 Å². The number of benzene rings is 2. The molecule has 0 bridgehead atoms. The lowest BCUT2D eigenvalue weighted by molar-refractivity contribution is -0.122. The zero-order valence-electron chi connectivity index (χ0n) is 17.6.